The third-order valence-electron chi connectivity index (χ3n) is 4.62. The van der Waals surface area contributed by atoms with Crippen molar-refractivity contribution in [1.29, 1.82) is 0 Å². The Bertz CT molecular complexity index is 1300. The molecular weight excluding hydrogens is 496 g/mol. The van der Waals surface area contributed by atoms with Crippen LogP contribution in [0.5, 0.6) is 0 Å². The molecule has 0 saturated carbocycles. The molecule has 0 aliphatic rings. The Morgan fingerprint density at radius 1 is 1.10 bits per heavy atom. The maximum atomic E-state index is 12.6. The molecule has 0 radical (unpaired) electrons. The number of hydrogen-bond donors (Lipinski definition) is 1. The van der Waals surface area contributed by atoms with Gasteiger partial charge in [0.1, 0.15) is 6.54 Å². The summed E-state index contributed by atoms with van der Waals surface area (Å²) in [6.45, 7) is 2.01. The zero-order valence-electron chi connectivity index (χ0n) is 16.5. The molecule has 0 saturated heterocycles. The highest BCUT2D eigenvalue weighted by Crippen LogP contribution is 2.25. The van der Waals surface area contributed by atoms with Gasteiger partial charge in [0.2, 0.25) is 10.7 Å². The molecule has 1 N–H and O–H groups in total. The second-order valence-electron chi connectivity index (χ2n) is 7.00. The number of hydrogen-bond acceptors (Lipinski definition) is 3. The van der Waals surface area contributed by atoms with E-state index in [1.807, 2.05) is 60.0 Å². The molecule has 4 rings (SSSR count). The van der Waals surface area contributed by atoms with E-state index < -0.39 is 0 Å². The Hall–Kier alpha value is -2.74. The fourth-order valence-electron chi connectivity index (χ4n) is 3.17. The molecule has 0 spiro atoms. The zero-order chi connectivity index (χ0) is 22.0. The van der Waals surface area contributed by atoms with Crippen molar-refractivity contribution in [3.05, 3.63) is 92.6 Å². The molecule has 0 bridgehead atoms. The van der Waals surface area contributed by atoms with Crippen LogP contribution in [0.3, 0.4) is 0 Å². The third-order valence-corrected chi connectivity index (χ3v) is 5.80. The zero-order valence-corrected chi connectivity index (χ0v) is 19.7. The normalized spacial score (nSPS) is 10.8. The quantitative estimate of drug-likeness (QED) is 0.313. The molecule has 1 heterocycles. The van der Waals surface area contributed by atoms with E-state index in [0.717, 1.165) is 21.3 Å². The van der Waals surface area contributed by atoms with E-state index in [-0.39, 0.29) is 12.5 Å². The Labute approximate surface area is 198 Å². The van der Waals surface area contributed by atoms with Crippen LogP contribution in [0.1, 0.15) is 5.56 Å². The number of benzene rings is 3. The molecular formula is C23H18BrClN4OS. The van der Waals surface area contributed by atoms with Crippen molar-refractivity contribution >= 4 is 51.3 Å². The van der Waals surface area contributed by atoms with Crippen LogP contribution in [-0.4, -0.2) is 20.3 Å². The lowest BCUT2D eigenvalue weighted by molar-refractivity contribution is -0.116. The number of aryl methyl sites for hydroxylation is 1. The van der Waals surface area contributed by atoms with Crippen LogP contribution >= 0.6 is 39.7 Å². The fraction of sp³-hybridized carbons (Fsp3) is 0.0870. The maximum absolute atomic E-state index is 12.6. The van der Waals surface area contributed by atoms with Crippen LogP contribution in [-0.2, 0) is 11.3 Å². The summed E-state index contributed by atoms with van der Waals surface area (Å²) in [7, 11) is 0. The lowest BCUT2D eigenvalue weighted by Crippen LogP contribution is -2.19. The van der Waals surface area contributed by atoms with Gasteiger partial charge < -0.3 is 5.32 Å². The number of anilines is 1. The van der Waals surface area contributed by atoms with Crippen molar-refractivity contribution in [1.82, 2.24) is 14.3 Å². The fourth-order valence-corrected chi connectivity index (χ4v) is 3.85. The first-order valence-corrected chi connectivity index (χ1v) is 11.1. The van der Waals surface area contributed by atoms with Crippen molar-refractivity contribution in [2.45, 2.75) is 13.5 Å². The predicted octanol–water partition coefficient (Wildman–Crippen LogP) is 6.43. The molecule has 1 aromatic heterocycles. The highest BCUT2D eigenvalue weighted by atomic mass is 79.9. The predicted molar refractivity (Wildman–Crippen MR) is 130 cm³/mol. The Morgan fingerprint density at radius 2 is 1.81 bits per heavy atom. The molecule has 0 unspecified atom stereocenters. The van der Waals surface area contributed by atoms with E-state index in [9.17, 15) is 4.79 Å². The topological polar surface area (TPSA) is 51.9 Å². The van der Waals surface area contributed by atoms with Gasteiger partial charge in [-0.2, -0.15) is 5.10 Å². The smallest absolute Gasteiger partial charge is 0.246 e. The number of halogens is 2. The van der Waals surface area contributed by atoms with Crippen LogP contribution < -0.4 is 5.32 Å². The highest BCUT2D eigenvalue weighted by molar-refractivity contribution is 9.10. The number of amides is 1. The van der Waals surface area contributed by atoms with Crippen molar-refractivity contribution < 1.29 is 4.79 Å². The van der Waals surface area contributed by atoms with Gasteiger partial charge in [0.25, 0.3) is 0 Å². The summed E-state index contributed by atoms with van der Waals surface area (Å²) in [6, 6.07) is 22.8. The van der Waals surface area contributed by atoms with Crippen molar-refractivity contribution in [3.63, 3.8) is 0 Å². The summed E-state index contributed by atoms with van der Waals surface area (Å²) in [5.74, 6) is 0.442. The van der Waals surface area contributed by atoms with Crippen LogP contribution in [0.15, 0.2) is 77.3 Å². The molecule has 5 nitrogen and oxygen atoms in total. The van der Waals surface area contributed by atoms with Crippen molar-refractivity contribution in [2.75, 3.05) is 5.32 Å². The van der Waals surface area contributed by atoms with Gasteiger partial charge in [-0.3, -0.25) is 9.36 Å². The second-order valence-corrected chi connectivity index (χ2v) is 8.72. The van der Waals surface area contributed by atoms with Gasteiger partial charge in [-0.15, -0.1) is 0 Å². The monoisotopic (exact) mass is 512 g/mol. The molecule has 31 heavy (non-hydrogen) atoms. The molecule has 0 aliphatic heterocycles. The van der Waals surface area contributed by atoms with Crippen molar-refractivity contribution in [2.24, 2.45) is 0 Å². The molecule has 0 fully saturated rings. The van der Waals surface area contributed by atoms with E-state index in [4.69, 9.17) is 23.8 Å². The second kappa shape index (κ2) is 9.18. The molecule has 0 aliphatic carbocycles. The average molecular weight is 514 g/mol. The van der Waals surface area contributed by atoms with Crippen LogP contribution in [0.25, 0.3) is 17.1 Å². The van der Waals surface area contributed by atoms with E-state index in [1.54, 1.807) is 28.9 Å². The summed E-state index contributed by atoms with van der Waals surface area (Å²) in [5.41, 5.74) is 3.56. The first-order chi connectivity index (χ1) is 14.9. The number of carbonyl (C=O) groups excluding carboxylic acids is 1. The van der Waals surface area contributed by atoms with E-state index >= 15 is 0 Å². The van der Waals surface area contributed by atoms with Crippen LogP contribution in [0, 0.1) is 11.7 Å². The SMILES string of the molecule is Cc1cccc(-n2c(-c3ccc(Br)cc3)nn(CC(=O)Nc3ccc(Cl)cc3)c2=S)c1. The van der Waals surface area contributed by atoms with Gasteiger partial charge in [-0.05, 0) is 73.2 Å². The summed E-state index contributed by atoms with van der Waals surface area (Å²) in [5, 5.41) is 8.15. The van der Waals surface area contributed by atoms with E-state index in [2.05, 4.69) is 26.3 Å². The van der Waals surface area contributed by atoms with E-state index in [0.29, 0.717) is 21.3 Å². The first kappa shape index (κ1) is 21.5. The molecule has 156 valence electrons. The lowest BCUT2D eigenvalue weighted by Gasteiger charge is -2.08. The van der Waals surface area contributed by atoms with E-state index in [1.165, 1.54) is 0 Å². The first-order valence-electron chi connectivity index (χ1n) is 9.49. The van der Waals surface area contributed by atoms with Gasteiger partial charge in [0, 0.05) is 20.7 Å². The lowest BCUT2D eigenvalue weighted by atomic mass is 10.2. The molecule has 0 atom stereocenters. The molecule has 1 amide bonds. The van der Waals surface area contributed by atoms with Gasteiger partial charge in [0.05, 0.1) is 5.69 Å². The number of carbonyl (C=O) groups is 1. The van der Waals surface area contributed by atoms with Crippen LogP contribution in [0.4, 0.5) is 5.69 Å². The summed E-state index contributed by atoms with van der Waals surface area (Å²) < 4.78 is 4.84. The van der Waals surface area contributed by atoms with Gasteiger partial charge >= 0.3 is 0 Å². The number of nitrogens with one attached hydrogen (secondary N) is 1. The highest BCUT2D eigenvalue weighted by Gasteiger charge is 2.16. The summed E-state index contributed by atoms with van der Waals surface area (Å²) >= 11 is 15.1. The summed E-state index contributed by atoms with van der Waals surface area (Å²) in [4.78, 5) is 12.6. The third kappa shape index (κ3) is 4.95. The van der Waals surface area contributed by atoms with Gasteiger partial charge in [-0.1, -0.05) is 51.8 Å². The Kier molecular flexibility index (Phi) is 6.36. The number of nitrogens with zero attached hydrogens (tertiary/aromatic N) is 3. The Morgan fingerprint density at radius 3 is 2.48 bits per heavy atom. The molecule has 4 aromatic rings. The van der Waals surface area contributed by atoms with Gasteiger partial charge in [-0.25, -0.2) is 4.68 Å². The average Bonchev–Trinajstić information content (AvgIpc) is 3.06. The van der Waals surface area contributed by atoms with Gasteiger partial charge in [0.15, 0.2) is 5.82 Å². The largest absolute Gasteiger partial charge is 0.324 e. The number of rotatable bonds is 5. The van der Waals surface area contributed by atoms with Crippen molar-refractivity contribution in [3.8, 4) is 17.1 Å². The minimum atomic E-state index is -0.227. The summed E-state index contributed by atoms with van der Waals surface area (Å²) in [6.07, 6.45) is 0. The van der Waals surface area contributed by atoms with Crippen LogP contribution in [0.2, 0.25) is 5.02 Å². The standard InChI is InChI=1S/C23H18BrClN4OS/c1-15-3-2-4-20(13-15)29-22(16-5-7-17(24)8-6-16)27-28(23(29)31)14-21(30)26-19-11-9-18(25)10-12-19/h2-13H,14H2,1H3,(H,26,30). The Balaban J connectivity index is 1.72. The number of aromatic nitrogens is 3. The minimum absolute atomic E-state index is 0.0101. The maximum Gasteiger partial charge on any atom is 0.246 e. The minimum Gasteiger partial charge on any atom is -0.324 e. The molecule has 3 aromatic carbocycles. The molecule has 8 heteroatoms.